The van der Waals surface area contributed by atoms with E-state index in [0.717, 1.165) is 0 Å². The molecule has 0 saturated carbocycles. The Morgan fingerprint density at radius 1 is 1.50 bits per heavy atom. The number of pyridine rings is 1. The first kappa shape index (κ1) is 8.80. The average molecular weight is 196 g/mol. The highest BCUT2D eigenvalue weighted by molar-refractivity contribution is 6.09. The summed E-state index contributed by atoms with van der Waals surface area (Å²) in [4.78, 5) is 17.5. The van der Waals surface area contributed by atoms with E-state index in [1.54, 1.807) is 6.07 Å². The Morgan fingerprint density at radius 2 is 2.29 bits per heavy atom. The number of halogens is 2. The van der Waals surface area contributed by atoms with E-state index in [4.69, 9.17) is 0 Å². The summed E-state index contributed by atoms with van der Waals surface area (Å²) in [5.41, 5.74) is 0.618. The molecule has 2 heterocycles. The van der Waals surface area contributed by atoms with Crippen molar-refractivity contribution in [1.29, 1.82) is 0 Å². The number of aromatic amines is 1. The van der Waals surface area contributed by atoms with Gasteiger partial charge in [-0.2, -0.15) is 0 Å². The van der Waals surface area contributed by atoms with Crippen LogP contribution in [0.5, 0.6) is 0 Å². The van der Waals surface area contributed by atoms with Crippen molar-refractivity contribution in [2.75, 3.05) is 0 Å². The quantitative estimate of drug-likeness (QED) is 0.746. The molecule has 0 atom stereocenters. The van der Waals surface area contributed by atoms with Crippen LogP contribution in [-0.2, 0) is 0 Å². The molecule has 2 rings (SSSR count). The summed E-state index contributed by atoms with van der Waals surface area (Å²) in [5, 5.41) is 0.429. The summed E-state index contributed by atoms with van der Waals surface area (Å²) in [5.74, 6) is -1.18. The van der Waals surface area contributed by atoms with Crippen LogP contribution in [0, 0.1) is 0 Å². The summed E-state index contributed by atoms with van der Waals surface area (Å²) in [6.45, 7) is 0. The number of nitrogens with zero attached hydrogens (tertiary/aromatic N) is 1. The highest BCUT2D eigenvalue weighted by Gasteiger charge is 2.20. The molecule has 0 aliphatic rings. The lowest BCUT2D eigenvalue weighted by Gasteiger charge is -1.95. The molecule has 3 nitrogen and oxygen atoms in total. The standard InChI is InChI=1S/C9H6F2N2O/c10-9(11)8(14)6-4-13-7-1-2-12-3-5(6)7/h1-4,9,13H. The van der Waals surface area contributed by atoms with Crippen molar-refractivity contribution in [2.24, 2.45) is 0 Å². The minimum absolute atomic E-state index is 0.0110. The molecule has 14 heavy (non-hydrogen) atoms. The van der Waals surface area contributed by atoms with E-state index < -0.39 is 12.2 Å². The molecule has 0 aliphatic carbocycles. The Hall–Kier alpha value is -1.78. The van der Waals surface area contributed by atoms with Crippen molar-refractivity contribution >= 4 is 16.7 Å². The minimum atomic E-state index is -2.98. The van der Waals surface area contributed by atoms with Gasteiger partial charge in [0.2, 0.25) is 5.78 Å². The van der Waals surface area contributed by atoms with Crippen molar-refractivity contribution in [3.63, 3.8) is 0 Å². The van der Waals surface area contributed by atoms with Gasteiger partial charge in [0.1, 0.15) is 0 Å². The molecule has 0 saturated heterocycles. The maximum absolute atomic E-state index is 12.1. The Kier molecular flexibility index (Phi) is 1.99. The van der Waals surface area contributed by atoms with Gasteiger partial charge < -0.3 is 4.98 Å². The van der Waals surface area contributed by atoms with Crippen LogP contribution < -0.4 is 0 Å². The van der Waals surface area contributed by atoms with E-state index in [1.165, 1.54) is 18.6 Å². The van der Waals surface area contributed by atoms with Crippen molar-refractivity contribution in [3.05, 3.63) is 30.2 Å². The lowest BCUT2D eigenvalue weighted by Crippen LogP contribution is -2.09. The molecule has 0 bridgehead atoms. The number of aromatic nitrogens is 2. The summed E-state index contributed by atoms with van der Waals surface area (Å²) in [6, 6.07) is 1.62. The molecule has 0 aromatic carbocycles. The molecule has 0 spiro atoms. The number of carbonyl (C=O) groups is 1. The number of fused-ring (bicyclic) bond motifs is 1. The van der Waals surface area contributed by atoms with Crippen LogP contribution >= 0.6 is 0 Å². The Labute approximate surface area is 77.8 Å². The number of nitrogens with one attached hydrogen (secondary N) is 1. The van der Waals surface area contributed by atoms with Crippen LogP contribution in [0.15, 0.2) is 24.7 Å². The lowest BCUT2D eigenvalue weighted by atomic mass is 10.1. The van der Waals surface area contributed by atoms with Gasteiger partial charge in [-0.1, -0.05) is 0 Å². The molecule has 0 fully saturated rings. The van der Waals surface area contributed by atoms with E-state index >= 15 is 0 Å². The summed E-state index contributed by atoms with van der Waals surface area (Å²) in [7, 11) is 0. The van der Waals surface area contributed by atoms with Crippen molar-refractivity contribution < 1.29 is 13.6 Å². The first-order chi connectivity index (χ1) is 6.70. The van der Waals surface area contributed by atoms with E-state index in [1.807, 2.05) is 0 Å². The van der Waals surface area contributed by atoms with E-state index in [-0.39, 0.29) is 5.56 Å². The fourth-order valence-corrected chi connectivity index (χ4v) is 1.28. The van der Waals surface area contributed by atoms with Gasteiger partial charge in [0.15, 0.2) is 0 Å². The zero-order valence-electron chi connectivity index (χ0n) is 7.00. The van der Waals surface area contributed by atoms with Crippen LogP contribution in [0.1, 0.15) is 10.4 Å². The number of ketones is 1. The molecule has 5 heteroatoms. The van der Waals surface area contributed by atoms with Crippen LogP contribution in [0.4, 0.5) is 8.78 Å². The first-order valence-electron chi connectivity index (χ1n) is 3.93. The van der Waals surface area contributed by atoms with Gasteiger partial charge in [-0.05, 0) is 6.07 Å². The second kappa shape index (κ2) is 3.17. The summed E-state index contributed by atoms with van der Waals surface area (Å²) < 4.78 is 24.3. The van der Waals surface area contributed by atoms with Gasteiger partial charge in [0.05, 0.1) is 5.56 Å². The van der Waals surface area contributed by atoms with E-state index in [9.17, 15) is 13.6 Å². The third-order valence-electron chi connectivity index (χ3n) is 1.95. The number of H-pyrrole nitrogens is 1. The average Bonchev–Trinajstić information content (AvgIpc) is 2.60. The Balaban J connectivity index is 2.58. The molecule has 0 amide bonds. The summed E-state index contributed by atoms with van der Waals surface area (Å²) >= 11 is 0. The fraction of sp³-hybridized carbons (Fsp3) is 0.111. The van der Waals surface area contributed by atoms with Crippen LogP contribution in [0.25, 0.3) is 10.9 Å². The first-order valence-corrected chi connectivity index (χ1v) is 3.93. The Morgan fingerprint density at radius 3 is 3.00 bits per heavy atom. The van der Waals surface area contributed by atoms with Crippen LogP contribution in [0.3, 0.4) is 0 Å². The van der Waals surface area contributed by atoms with Gasteiger partial charge in [0, 0.05) is 29.5 Å². The second-order valence-electron chi connectivity index (χ2n) is 2.79. The number of alkyl halides is 2. The second-order valence-corrected chi connectivity index (χ2v) is 2.79. The lowest BCUT2D eigenvalue weighted by molar-refractivity contribution is 0.0680. The number of rotatable bonds is 2. The number of hydrogen-bond acceptors (Lipinski definition) is 2. The molecule has 0 unspecified atom stereocenters. The zero-order chi connectivity index (χ0) is 10.1. The molecule has 72 valence electrons. The largest absolute Gasteiger partial charge is 0.360 e. The highest BCUT2D eigenvalue weighted by Crippen LogP contribution is 2.19. The number of hydrogen-bond donors (Lipinski definition) is 1. The van der Waals surface area contributed by atoms with Gasteiger partial charge in [-0.3, -0.25) is 9.78 Å². The molecule has 0 radical (unpaired) electrons. The van der Waals surface area contributed by atoms with Crippen LogP contribution in [-0.4, -0.2) is 22.2 Å². The predicted octanol–water partition coefficient (Wildman–Crippen LogP) is 2.01. The molecule has 0 aliphatic heterocycles. The number of Topliss-reactive ketones (excluding diaryl/α,β-unsaturated/α-hetero) is 1. The van der Waals surface area contributed by atoms with Crippen molar-refractivity contribution in [2.45, 2.75) is 6.43 Å². The third kappa shape index (κ3) is 1.26. The van der Waals surface area contributed by atoms with Gasteiger partial charge in [0.25, 0.3) is 0 Å². The minimum Gasteiger partial charge on any atom is -0.360 e. The topological polar surface area (TPSA) is 45.8 Å². The van der Waals surface area contributed by atoms with Crippen LogP contribution in [0.2, 0.25) is 0 Å². The van der Waals surface area contributed by atoms with Gasteiger partial charge in [-0.25, -0.2) is 8.78 Å². The maximum Gasteiger partial charge on any atom is 0.300 e. The third-order valence-corrected chi connectivity index (χ3v) is 1.95. The monoisotopic (exact) mass is 196 g/mol. The smallest absolute Gasteiger partial charge is 0.300 e. The van der Waals surface area contributed by atoms with Crippen molar-refractivity contribution in [1.82, 2.24) is 9.97 Å². The Bertz CT molecular complexity index is 478. The summed E-state index contributed by atoms with van der Waals surface area (Å²) in [6.07, 6.45) is 1.21. The molecule has 1 N–H and O–H groups in total. The molecule has 2 aromatic rings. The highest BCUT2D eigenvalue weighted by atomic mass is 19.3. The molecular formula is C9H6F2N2O. The van der Waals surface area contributed by atoms with Gasteiger partial charge >= 0.3 is 6.43 Å². The molecule has 2 aromatic heterocycles. The predicted molar refractivity (Wildman–Crippen MR) is 46.4 cm³/mol. The fourth-order valence-electron chi connectivity index (χ4n) is 1.28. The van der Waals surface area contributed by atoms with Crippen molar-refractivity contribution in [3.8, 4) is 0 Å². The maximum atomic E-state index is 12.1. The van der Waals surface area contributed by atoms with E-state index in [2.05, 4.69) is 9.97 Å². The number of carbonyl (C=O) groups excluding carboxylic acids is 1. The van der Waals surface area contributed by atoms with Gasteiger partial charge in [-0.15, -0.1) is 0 Å². The SMILES string of the molecule is O=C(c1c[nH]c2ccncc12)C(F)F. The zero-order valence-corrected chi connectivity index (χ0v) is 7.00. The molecular weight excluding hydrogens is 190 g/mol. The van der Waals surface area contributed by atoms with E-state index in [0.29, 0.717) is 10.9 Å². The normalized spacial score (nSPS) is 11.1.